The van der Waals surface area contributed by atoms with Crippen molar-refractivity contribution < 1.29 is 23.9 Å². The van der Waals surface area contributed by atoms with Crippen molar-refractivity contribution in [2.45, 2.75) is 13.5 Å². The Hall–Kier alpha value is -2.96. The van der Waals surface area contributed by atoms with Gasteiger partial charge < -0.3 is 14.5 Å². The molecule has 0 radical (unpaired) electrons. The summed E-state index contributed by atoms with van der Waals surface area (Å²) in [6.45, 7) is 1.36. The van der Waals surface area contributed by atoms with Crippen LogP contribution in [0.2, 0.25) is 0 Å². The van der Waals surface area contributed by atoms with E-state index in [2.05, 4.69) is 14.7 Å². The van der Waals surface area contributed by atoms with E-state index in [0.717, 1.165) is 0 Å². The highest BCUT2D eigenvalue weighted by atomic mass is 16.5. The number of rotatable bonds is 5. The number of H-pyrrole nitrogens is 1. The molecule has 0 saturated heterocycles. The third-order valence-electron chi connectivity index (χ3n) is 2.86. The maximum atomic E-state index is 11.9. The van der Waals surface area contributed by atoms with E-state index < -0.39 is 11.9 Å². The quantitative estimate of drug-likeness (QED) is 0.667. The highest BCUT2D eigenvalue weighted by Crippen LogP contribution is 2.09. The van der Waals surface area contributed by atoms with Crippen molar-refractivity contribution >= 4 is 17.7 Å². The van der Waals surface area contributed by atoms with Gasteiger partial charge in [-0.05, 0) is 24.3 Å². The smallest absolute Gasteiger partial charge is 0.338 e. The minimum Gasteiger partial charge on any atom is -0.465 e. The van der Waals surface area contributed by atoms with Gasteiger partial charge in [-0.1, -0.05) is 0 Å². The molecule has 1 aromatic carbocycles. The third kappa shape index (κ3) is 3.57. The Balaban J connectivity index is 1.96. The molecule has 0 atom stereocenters. The van der Waals surface area contributed by atoms with Crippen molar-refractivity contribution in [3.05, 3.63) is 53.1 Å². The van der Waals surface area contributed by atoms with Crippen LogP contribution < -0.4 is 0 Å². The lowest BCUT2D eigenvalue weighted by Gasteiger charge is -2.04. The summed E-state index contributed by atoms with van der Waals surface area (Å²) in [6, 6.07) is 5.91. The maximum Gasteiger partial charge on any atom is 0.338 e. The van der Waals surface area contributed by atoms with E-state index >= 15 is 0 Å². The van der Waals surface area contributed by atoms with Crippen LogP contribution in [0.15, 0.2) is 30.5 Å². The first-order valence-corrected chi connectivity index (χ1v) is 6.41. The topological polar surface area (TPSA) is 98.3 Å². The van der Waals surface area contributed by atoms with Crippen molar-refractivity contribution in [3.63, 3.8) is 0 Å². The minimum atomic E-state index is -0.546. The Morgan fingerprint density at radius 1 is 1.09 bits per heavy atom. The van der Waals surface area contributed by atoms with Crippen LogP contribution in [-0.4, -0.2) is 34.8 Å². The number of methoxy groups -OCH3 is 1. The molecule has 0 aliphatic rings. The van der Waals surface area contributed by atoms with Crippen molar-refractivity contribution in [2.75, 3.05) is 7.11 Å². The molecule has 0 saturated carbocycles. The first kappa shape index (κ1) is 15.4. The summed E-state index contributed by atoms with van der Waals surface area (Å²) in [6.07, 6.45) is 1.43. The van der Waals surface area contributed by atoms with Gasteiger partial charge in [0.1, 0.15) is 6.61 Å². The number of Topliss-reactive ketones (excluding diaryl/α,β-unsaturated/α-hetero) is 1. The zero-order chi connectivity index (χ0) is 16.1. The lowest BCUT2D eigenvalue weighted by atomic mass is 10.1. The van der Waals surface area contributed by atoms with E-state index in [9.17, 15) is 14.4 Å². The number of ether oxygens (including phenoxy) is 2. The van der Waals surface area contributed by atoms with E-state index in [1.807, 2.05) is 0 Å². The molecule has 2 rings (SSSR count). The van der Waals surface area contributed by atoms with Crippen LogP contribution in [0.4, 0.5) is 0 Å². The normalized spacial score (nSPS) is 10.1. The largest absolute Gasteiger partial charge is 0.465 e. The van der Waals surface area contributed by atoms with Gasteiger partial charge in [-0.2, -0.15) is 0 Å². The van der Waals surface area contributed by atoms with Crippen LogP contribution in [0.3, 0.4) is 0 Å². The molecule has 1 N–H and O–H groups in total. The molecule has 114 valence electrons. The zero-order valence-electron chi connectivity index (χ0n) is 12.1. The van der Waals surface area contributed by atoms with Gasteiger partial charge >= 0.3 is 11.9 Å². The van der Waals surface area contributed by atoms with E-state index in [-0.39, 0.29) is 18.2 Å². The van der Waals surface area contributed by atoms with E-state index in [0.29, 0.717) is 16.8 Å². The number of hydrogen-bond acceptors (Lipinski definition) is 6. The Bertz CT molecular complexity index is 703. The average molecular weight is 302 g/mol. The second-order valence-corrected chi connectivity index (χ2v) is 4.46. The molecule has 0 amide bonds. The molecule has 0 unspecified atom stereocenters. The van der Waals surface area contributed by atoms with Gasteiger partial charge in [0, 0.05) is 6.92 Å². The Morgan fingerprint density at radius 3 is 2.18 bits per heavy atom. The van der Waals surface area contributed by atoms with Gasteiger partial charge in [0.15, 0.2) is 11.6 Å². The molecule has 0 aliphatic heterocycles. The number of nitrogens with one attached hydrogen (secondary N) is 1. The van der Waals surface area contributed by atoms with Crippen molar-refractivity contribution in [1.82, 2.24) is 9.97 Å². The van der Waals surface area contributed by atoms with Crippen LogP contribution in [0.25, 0.3) is 0 Å². The summed E-state index contributed by atoms with van der Waals surface area (Å²) >= 11 is 0. The highest BCUT2D eigenvalue weighted by molar-refractivity contribution is 5.93. The van der Waals surface area contributed by atoms with Gasteiger partial charge in [-0.15, -0.1) is 0 Å². The van der Waals surface area contributed by atoms with Crippen LogP contribution in [0.1, 0.15) is 44.0 Å². The zero-order valence-corrected chi connectivity index (χ0v) is 12.1. The average Bonchev–Trinajstić information content (AvgIpc) is 3.01. The molecule has 1 heterocycles. The van der Waals surface area contributed by atoms with Gasteiger partial charge in [0.05, 0.1) is 30.1 Å². The number of hydrogen-bond donors (Lipinski definition) is 1. The number of imidazole rings is 1. The van der Waals surface area contributed by atoms with Crippen molar-refractivity contribution in [3.8, 4) is 0 Å². The first-order valence-electron chi connectivity index (χ1n) is 6.41. The molecule has 7 nitrogen and oxygen atoms in total. The fourth-order valence-corrected chi connectivity index (χ4v) is 1.70. The van der Waals surface area contributed by atoms with Gasteiger partial charge in [0.25, 0.3) is 0 Å². The lowest BCUT2D eigenvalue weighted by Crippen LogP contribution is -2.07. The molecule has 0 aliphatic carbocycles. The van der Waals surface area contributed by atoms with Gasteiger partial charge in [0.2, 0.25) is 0 Å². The Morgan fingerprint density at radius 2 is 1.68 bits per heavy atom. The number of aromatic amines is 1. The predicted molar refractivity (Wildman–Crippen MR) is 75.5 cm³/mol. The Kier molecular flexibility index (Phi) is 4.67. The number of ketones is 1. The first-order chi connectivity index (χ1) is 10.5. The van der Waals surface area contributed by atoms with E-state index in [1.165, 1.54) is 44.5 Å². The summed E-state index contributed by atoms with van der Waals surface area (Å²) in [5.74, 6) is -1.01. The number of nitrogens with zero attached hydrogens (tertiary/aromatic N) is 1. The number of carbonyl (C=O) groups excluding carboxylic acids is 3. The van der Waals surface area contributed by atoms with E-state index in [4.69, 9.17) is 4.74 Å². The second kappa shape index (κ2) is 6.66. The van der Waals surface area contributed by atoms with E-state index in [1.54, 1.807) is 0 Å². The van der Waals surface area contributed by atoms with Crippen LogP contribution in [-0.2, 0) is 16.1 Å². The predicted octanol–water partition coefficient (Wildman–Crippen LogP) is 1.76. The lowest BCUT2D eigenvalue weighted by molar-refractivity contribution is 0.0467. The standard InChI is InChI=1S/C15H14N2O5/c1-9(18)13-16-7-12(17-13)8-22-15(20)11-5-3-10(4-6-11)14(19)21-2/h3-7H,8H2,1-2H3,(H,16,17). The molecule has 7 heteroatoms. The van der Waals surface area contributed by atoms with Crippen LogP contribution in [0, 0.1) is 0 Å². The summed E-state index contributed by atoms with van der Waals surface area (Å²) < 4.78 is 9.67. The molecule has 0 fully saturated rings. The fourth-order valence-electron chi connectivity index (χ4n) is 1.70. The molecule has 2 aromatic rings. The maximum absolute atomic E-state index is 11.9. The molecule has 1 aromatic heterocycles. The van der Waals surface area contributed by atoms with Gasteiger partial charge in [-0.25, -0.2) is 14.6 Å². The molecule has 0 spiro atoms. The Labute approximate surface area is 126 Å². The van der Waals surface area contributed by atoms with Gasteiger partial charge in [-0.3, -0.25) is 4.79 Å². The molecular formula is C15H14N2O5. The third-order valence-corrected chi connectivity index (χ3v) is 2.86. The number of carbonyl (C=O) groups is 3. The summed E-state index contributed by atoms with van der Waals surface area (Å²) in [5.41, 5.74) is 1.17. The number of aromatic nitrogens is 2. The van der Waals surface area contributed by atoms with Crippen LogP contribution in [0.5, 0.6) is 0 Å². The monoisotopic (exact) mass is 302 g/mol. The molecule has 22 heavy (non-hydrogen) atoms. The summed E-state index contributed by atoms with van der Waals surface area (Å²) in [4.78, 5) is 40.9. The minimum absolute atomic E-state index is 0.0299. The highest BCUT2D eigenvalue weighted by Gasteiger charge is 2.11. The van der Waals surface area contributed by atoms with Crippen molar-refractivity contribution in [1.29, 1.82) is 0 Å². The SMILES string of the molecule is COC(=O)c1ccc(C(=O)OCc2cnc(C(C)=O)[nH]2)cc1. The number of esters is 2. The molecular weight excluding hydrogens is 288 g/mol. The second-order valence-electron chi connectivity index (χ2n) is 4.46. The summed E-state index contributed by atoms with van der Waals surface area (Å²) in [5, 5.41) is 0. The summed E-state index contributed by atoms with van der Waals surface area (Å²) in [7, 11) is 1.28. The fraction of sp³-hybridized carbons (Fsp3) is 0.200. The molecule has 0 bridgehead atoms. The number of benzene rings is 1. The van der Waals surface area contributed by atoms with Crippen LogP contribution >= 0.6 is 0 Å². The van der Waals surface area contributed by atoms with Crippen molar-refractivity contribution in [2.24, 2.45) is 0 Å².